The summed E-state index contributed by atoms with van der Waals surface area (Å²) < 4.78 is 5.27. The first-order valence-corrected chi connectivity index (χ1v) is 10.1. The minimum Gasteiger partial charge on any atom is -0.467 e. The molecule has 4 saturated carbocycles. The number of furan rings is 1. The molecule has 26 heavy (non-hydrogen) atoms. The SMILES string of the molecule is CC(C)[C@@H](NC(=O)C12CC3CC(CC(C3)C1)C2)C(=O)NCc1ccco1. The van der Waals surface area contributed by atoms with E-state index in [9.17, 15) is 9.59 Å². The minimum absolute atomic E-state index is 0.0458. The summed E-state index contributed by atoms with van der Waals surface area (Å²) in [6.07, 6.45) is 8.57. The Labute approximate surface area is 155 Å². The molecule has 4 aliphatic rings. The van der Waals surface area contributed by atoms with Gasteiger partial charge in [-0.1, -0.05) is 13.8 Å². The predicted molar refractivity (Wildman–Crippen MR) is 97.9 cm³/mol. The average molecular weight is 358 g/mol. The van der Waals surface area contributed by atoms with E-state index in [0.29, 0.717) is 12.3 Å². The van der Waals surface area contributed by atoms with Crippen molar-refractivity contribution in [2.45, 2.75) is 65.0 Å². The molecular formula is C21H30N2O3. The van der Waals surface area contributed by atoms with Crippen molar-refractivity contribution >= 4 is 11.8 Å². The number of nitrogens with one attached hydrogen (secondary N) is 2. The number of carbonyl (C=O) groups excluding carboxylic acids is 2. The summed E-state index contributed by atoms with van der Waals surface area (Å²) in [5.74, 6) is 2.91. The van der Waals surface area contributed by atoms with E-state index in [1.807, 2.05) is 19.9 Å². The van der Waals surface area contributed by atoms with Gasteiger partial charge in [0.25, 0.3) is 0 Å². The fraction of sp³-hybridized carbons (Fsp3) is 0.714. The van der Waals surface area contributed by atoms with Crippen molar-refractivity contribution in [3.63, 3.8) is 0 Å². The maximum absolute atomic E-state index is 13.2. The van der Waals surface area contributed by atoms with Crippen LogP contribution in [0.1, 0.15) is 58.1 Å². The second-order valence-electron chi connectivity index (χ2n) is 9.19. The molecule has 2 amide bonds. The van der Waals surface area contributed by atoms with Crippen LogP contribution in [0.4, 0.5) is 0 Å². The Kier molecular flexibility index (Phi) is 4.57. The lowest BCUT2D eigenvalue weighted by Crippen LogP contribution is -2.58. The van der Waals surface area contributed by atoms with Crippen LogP contribution in [0.15, 0.2) is 22.8 Å². The number of carbonyl (C=O) groups is 2. The summed E-state index contributed by atoms with van der Waals surface area (Å²) in [6, 6.07) is 3.14. The van der Waals surface area contributed by atoms with Gasteiger partial charge in [-0.2, -0.15) is 0 Å². The van der Waals surface area contributed by atoms with Crippen LogP contribution in [0.5, 0.6) is 0 Å². The number of rotatable bonds is 6. The highest BCUT2D eigenvalue weighted by Gasteiger charge is 2.55. The molecular weight excluding hydrogens is 328 g/mol. The van der Waals surface area contributed by atoms with Crippen molar-refractivity contribution in [3.8, 4) is 0 Å². The molecule has 142 valence electrons. The number of hydrogen-bond donors (Lipinski definition) is 2. The van der Waals surface area contributed by atoms with Crippen molar-refractivity contribution in [1.82, 2.24) is 10.6 Å². The molecule has 5 rings (SSSR count). The van der Waals surface area contributed by atoms with Crippen molar-refractivity contribution in [3.05, 3.63) is 24.2 Å². The predicted octanol–water partition coefficient (Wildman–Crippen LogP) is 3.25. The lowest BCUT2D eigenvalue weighted by atomic mass is 9.49. The minimum atomic E-state index is -0.495. The summed E-state index contributed by atoms with van der Waals surface area (Å²) in [5, 5.41) is 6.02. The Hall–Kier alpha value is -1.78. The molecule has 4 bridgehead atoms. The Morgan fingerprint density at radius 3 is 2.27 bits per heavy atom. The zero-order chi connectivity index (χ0) is 18.3. The zero-order valence-corrected chi connectivity index (χ0v) is 15.8. The molecule has 0 spiro atoms. The monoisotopic (exact) mass is 358 g/mol. The van der Waals surface area contributed by atoms with E-state index in [0.717, 1.165) is 37.0 Å². The molecule has 0 unspecified atom stereocenters. The molecule has 1 heterocycles. The highest BCUT2D eigenvalue weighted by molar-refractivity contribution is 5.90. The maximum Gasteiger partial charge on any atom is 0.243 e. The van der Waals surface area contributed by atoms with Crippen LogP contribution in [0, 0.1) is 29.1 Å². The Bertz CT molecular complexity index is 630. The summed E-state index contributed by atoms with van der Waals surface area (Å²) in [5.41, 5.74) is -0.219. The standard InChI is InChI=1S/C21H30N2O3/c1-13(2)18(19(24)22-12-17-4-3-5-26-17)23-20(25)21-9-14-6-15(10-21)8-16(7-14)11-21/h3-5,13-16,18H,6-12H2,1-2H3,(H,22,24)(H,23,25)/t14?,15?,16?,18-,21?/m1/s1. The first-order valence-electron chi connectivity index (χ1n) is 10.1. The van der Waals surface area contributed by atoms with E-state index in [1.54, 1.807) is 12.3 Å². The van der Waals surface area contributed by atoms with Crippen molar-refractivity contribution < 1.29 is 14.0 Å². The van der Waals surface area contributed by atoms with E-state index < -0.39 is 6.04 Å². The van der Waals surface area contributed by atoms with Crippen molar-refractivity contribution in [2.75, 3.05) is 0 Å². The van der Waals surface area contributed by atoms with Gasteiger partial charge in [0.1, 0.15) is 11.8 Å². The third kappa shape index (κ3) is 3.28. The summed E-state index contributed by atoms with van der Waals surface area (Å²) >= 11 is 0. The van der Waals surface area contributed by atoms with E-state index >= 15 is 0 Å². The van der Waals surface area contributed by atoms with Gasteiger partial charge in [0.2, 0.25) is 11.8 Å². The largest absolute Gasteiger partial charge is 0.467 e. The zero-order valence-electron chi connectivity index (χ0n) is 15.8. The Morgan fingerprint density at radius 2 is 1.77 bits per heavy atom. The topological polar surface area (TPSA) is 71.3 Å². The van der Waals surface area contributed by atoms with Crippen LogP contribution in [0.25, 0.3) is 0 Å². The lowest BCUT2D eigenvalue weighted by molar-refractivity contribution is -0.149. The van der Waals surface area contributed by atoms with Gasteiger partial charge >= 0.3 is 0 Å². The third-order valence-corrected chi connectivity index (χ3v) is 6.77. The second kappa shape index (κ2) is 6.75. The van der Waals surface area contributed by atoms with Crippen molar-refractivity contribution in [1.29, 1.82) is 0 Å². The first kappa shape index (κ1) is 17.6. The molecule has 1 aromatic rings. The number of hydrogen-bond acceptors (Lipinski definition) is 3. The van der Waals surface area contributed by atoms with E-state index in [2.05, 4.69) is 10.6 Å². The van der Waals surface area contributed by atoms with E-state index in [1.165, 1.54) is 19.3 Å². The Morgan fingerprint density at radius 1 is 1.15 bits per heavy atom. The van der Waals surface area contributed by atoms with Crippen molar-refractivity contribution in [2.24, 2.45) is 29.1 Å². The van der Waals surface area contributed by atoms with Gasteiger partial charge in [-0.25, -0.2) is 0 Å². The van der Waals surface area contributed by atoms with Crippen LogP contribution in [0.2, 0.25) is 0 Å². The van der Waals surface area contributed by atoms with Gasteiger partial charge < -0.3 is 15.1 Å². The molecule has 0 saturated heterocycles. The summed E-state index contributed by atoms with van der Waals surface area (Å²) in [6.45, 7) is 4.32. The maximum atomic E-state index is 13.2. The summed E-state index contributed by atoms with van der Waals surface area (Å²) in [7, 11) is 0. The molecule has 0 radical (unpaired) electrons. The average Bonchev–Trinajstić information content (AvgIpc) is 3.09. The third-order valence-electron chi connectivity index (χ3n) is 6.77. The van der Waals surface area contributed by atoms with Gasteiger partial charge in [-0.15, -0.1) is 0 Å². The Balaban J connectivity index is 1.41. The van der Waals surface area contributed by atoms with Gasteiger partial charge in [0.05, 0.1) is 12.8 Å². The molecule has 5 heteroatoms. The quantitative estimate of drug-likeness (QED) is 0.820. The van der Waals surface area contributed by atoms with E-state index in [-0.39, 0.29) is 23.1 Å². The molecule has 0 aliphatic heterocycles. The molecule has 0 aromatic carbocycles. The van der Waals surface area contributed by atoms with E-state index in [4.69, 9.17) is 4.42 Å². The fourth-order valence-corrected chi connectivity index (χ4v) is 5.92. The number of amides is 2. The van der Waals surface area contributed by atoms with Crippen LogP contribution in [-0.4, -0.2) is 17.9 Å². The highest BCUT2D eigenvalue weighted by atomic mass is 16.3. The molecule has 4 aliphatic carbocycles. The second-order valence-corrected chi connectivity index (χ2v) is 9.19. The highest BCUT2D eigenvalue weighted by Crippen LogP contribution is 2.60. The van der Waals surface area contributed by atoms with Gasteiger partial charge in [0, 0.05) is 5.41 Å². The van der Waals surface area contributed by atoms with Gasteiger partial charge in [0.15, 0.2) is 0 Å². The molecule has 1 atom stereocenters. The van der Waals surface area contributed by atoms with Crippen LogP contribution in [0.3, 0.4) is 0 Å². The molecule has 5 nitrogen and oxygen atoms in total. The molecule has 2 N–H and O–H groups in total. The smallest absolute Gasteiger partial charge is 0.243 e. The van der Waals surface area contributed by atoms with Crippen LogP contribution < -0.4 is 10.6 Å². The summed E-state index contributed by atoms with van der Waals surface area (Å²) in [4.78, 5) is 25.9. The van der Waals surface area contributed by atoms with Crippen LogP contribution >= 0.6 is 0 Å². The van der Waals surface area contributed by atoms with Gasteiger partial charge in [-0.05, 0) is 74.3 Å². The fourth-order valence-electron chi connectivity index (χ4n) is 5.92. The molecule has 4 fully saturated rings. The van der Waals surface area contributed by atoms with Crippen LogP contribution in [-0.2, 0) is 16.1 Å². The lowest BCUT2D eigenvalue weighted by Gasteiger charge is -2.55. The normalized spacial score (nSPS) is 33.3. The first-order chi connectivity index (χ1) is 12.4. The molecule has 1 aromatic heterocycles. The van der Waals surface area contributed by atoms with Gasteiger partial charge in [-0.3, -0.25) is 9.59 Å².